The zero-order valence-corrected chi connectivity index (χ0v) is 15.3. The Labute approximate surface area is 143 Å². The molecule has 1 amide bonds. The number of halogens is 1. The predicted molar refractivity (Wildman–Crippen MR) is 90.9 cm³/mol. The summed E-state index contributed by atoms with van der Waals surface area (Å²) in [7, 11) is -3.58. The summed E-state index contributed by atoms with van der Waals surface area (Å²) in [6.07, 6.45) is 0.627. The fourth-order valence-electron chi connectivity index (χ4n) is 2.59. The number of amides is 1. The summed E-state index contributed by atoms with van der Waals surface area (Å²) in [5.41, 5.74) is -0.457. The third kappa shape index (κ3) is 4.25. The number of rotatable bonds is 2. The Hall–Kier alpha value is -1.11. The molecule has 1 aliphatic rings. The van der Waals surface area contributed by atoms with Crippen LogP contribution in [0, 0.1) is 5.41 Å². The van der Waals surface area contributed by atoms with Gasteiger partial charge < -0.3 is 4.90 Å². The zero-order valence-electron chi connectivity index (χ0n) is 13.8. The number of carbonyl (C=O) groups excluding carboxylic acids is 1. The molecular formula is C16H23ClN2O3S. The average molecular weight is 359 g/mol. The number of hydrogen-bond acceptors (Lipinski definition) is 3. The van der Waals surface area contributed by atoms with E-state index in [9.17, 15) is 13.2 Å². The number of carbonyl (C=O) groups is 1. The van der Waals surface area contributed by atoms with Gasteiger partial charge in [0, 0.05) is 36.6 Å². The second-order valence-corrected chi connectivity index (χ2v) is 9.13. The van der Waals surface area contributed by atoms with E-state index in [1.807, 2.05) is 20.8 Å². The van der Waals surface area contributed by atoms with Gasteiger partial charge in [-0.3, -0.25) is 4.79 Å². The summed E-state index contributed by atoms with van der Waals surface area (Å²) in [4.78, 5) is 14.3. The Morgan fingerprint density at radius 2 is 1.83 bits per heavy atom. The van der Waals surface area contributed by atoms with Crippen LogP contribution < -0.4 is 0 Å². The molecule has 1 aliphatic heterocycles. The van der Waals surface area contributed by atoms with Crippen LogP contribution in [0.5, 0.6) is 0 Å². The molecule has 0 saturated carbocycles. The van der Waals surface area contributed by atoms with E-state index in [0.29, 0.717) is 37.6 Å². The van der Waals surface area contributed by atoms with Crippen molar-refractivity contribution in [2.75, 3.05) is 26.2 Å². The lowest BCUT2D eigenvalue weighted by Crippen LogP contribution is -2.42. The molecule has 0 aliphatic carbocycles. The Kier molecular flexibility index (Phi) is 5.38. The minimum Gasteiger partial charge on any atom is -0.341 e. The molecule has 0 spiro atoms. The van der Waals surface area contributed by atoms with E-state index in [2.05, 4.69) is 0 Å². The van der Waals surface area contributed by atoms with Gasteiger partial charge in [-0.2, -0.15) is 4.31 Å². The molecule has 1 fully saturated rings. The maximum absolute atomic E-state index is 12.7. The van der Waals surface area contributed by atoms with Gasteiger partial charge in [-0.15, -0.1) is 0 Å². The van der Waals surface area contributed by atoms with Crippen LogP contribution >= 0.6 is 11.6 Å². The van der Waals surface area contributed by atoms with E-state index in [1.165, 1.54) is 10.4 Å². The smallest absolute Gasteiger partial charge is 0.243 e. The van der Waals surface area contributed by atoms with Crippen LogP contribution in [0.1, 0.15) is 27.2 Å². The maximum Gasteiger partial charge on any atom is 0.243 e. The third-order valence-corrected chi connectivity index (χ3v) is 5.95. The van der Waals surface area contributed by atoms with Crippen molar-refractivity contribution in [1.82, 2.24) is 9.21 Å². The second-order valence-electron chi connectivity index (χ2n) is 6.76. The molecule has 0 aromatic heterocycles. The summed E-state index contributed by atoms with van der Waals surface area (Å²) >= 11 is 5.90. The number of hydrogen-bond donors (Lipinski definition) is 0. The van der Waals surface area contributed by atoms with E-state index < -0.39 is 15.4 Å². The Bertz CT molecular complexity index is 683. The van der Waals surface area contributed by atoms with E-state index in [1.54, 1.807) is 23.1 Å². The van der Waals surface area contributed by atoms with Gasteiger partial charge in [0.15, 0.2) is 0 Å². The minimum atomic E-state index is -3.58. The fraction of sp³-hybridized carbons (Fsp3) is 0.562. The SMILES string of the molecule is CC(C)(C)C(=O)N1CCCN(S(=O)(=O)c2cccc(Cl)c2)CC1. The molecule has 5 nitrogen and oxygen atoms in total. The van der Waals surface area contributed by atoms with Crippen LogP contribution in [-0.2, 0) is 14.8 Å². The van der Waals surface area contributed by atoms with Crippen molar-refractivity contribution in [2.45, 2.75) is 32.1 Å². The highest BCUT2D eigenvalue weighted by molar-refractivity contribution is 7.89. The van der Waals surface area contributed by atoms with Gasteiger partial charge in [0.2, 0.25) is 15.9 Å². The molecular weight excluding hydrogens is 336 g/mol. The molecule has 0 radical (unpaired) electrons. The van der Waals surface area contributed by atoms with Gasteiger partial charge in [-0.1, -0.05) is 38.4 Å². The quantitative estimate of drug-likeness (QED) is 0.816. The van der Waals surface area contributed by atoms with E-state index in [0.717, 1.165) is 0 Å². The maximum atomic E-state index is 12.7. The van der Waals surface area contributed by atoms with Crippen molar-refractivity contribution in [1.29, 1.82) is 0 Å². The van der Waals surface area contributed by atoms with Crippen LogP contribution in [0.15, 0.2) is 29.2 Å². The van der Waals surface area contributed by atoms with Gasteiger partial charge in [0.25, 0.3) is 0 Å². The van der Waals surface area contributed by atoms with Crippen LogP contribution in [0.3, 0.4) is 0 Å². The molecule has 0 bridgehead atoms. The van der Waals surface area contributed by atoms with Crippen molar-refractivity contribution >= 4 is 27.5 Å². The van der Waals surface area contributed by atoms with Crippen molar-refractivity contribution in [3.63, 3.8) is 0 Å². The zero-order chi connectivity index (χ0) is 17.3. The largest absolute Gasteiger partial charge is 0.341 e. The molecule has 7 heteroatoms. The van der Waals surface area contributed by atoms with Crippen molar-refractivity contribution in [3.8, 4) is 0 Å². The number of benzene rings is 1. The number of sulfonamides is 1. The van der Waals surface area contributed by atoms with Crippen molar-refractivity contribution < 1.29 is 13.2 Å². The van der Waals surface area contributed by atoms with Crippen LogP contribution in [0.4, 0.5) is 0 Å². The third-order valence-electron chi connectivity index (χ3n) is 3.82. The summed E-state index contributed by atoms with van der Waals surface area (Å²) in [5.74, 6) is 0.0551. The van der Waals surface area contributed by atoms with Crippen LogP contribution in [0.2, 0.25) is 5.02 Å². The molecule has 1 heterocycles. The minimum absolute atomic E-state index is 0.0551. The van der Waals surface area contributed by atoms with E-state index in [4.69, 9.17) is 11.6 Å². The molecule has 0 unspecified atom stereocenters. The average Bonchev–Trinajstić information content (AvgIpc) is 2.71. The van der Waals surface area contributed by atoms with Gasteiger partial charge in [0.05, 0.1) is 4.90 Å². The van der Waals surface area contributed by atoms with Gasteiger partial charge in [-0.05, 0) is 24.6 Å². The lowest BCUT2D eigenvalue weighted by Gasteiger charge is -2.28. The molecule has 128 valence electrons. The van der Waals surface area contributed by atoms with Crippen molar-refractivity contribution in [2.24, 2.45) is 5.41 Å². The summed E-state index contributed by atoms with van der Waals surface area (Å²) in [6, 6.07) is 6.28. The molecule has 1 saturated heterocycles. The Balaban J connectivity index is 2.16. The molecule has 1 aromatic rings. The lowest BCUT2D eigenvalue weighted by molar-refractivity contribution is -0.139. The second kappa shape index (κ2) is 6.79. The normalized spacial score (nSPS) is 17.8. The first-order chi connectivity index (χ1) is 10.6. The molecule has 2 rings (SSSR count). The monoisotopic (exact) mass is 358 g/mol. The summed E-state index contributed by atoms with van der Waals surface area (Å²) in [6.45, 7) is 7.33. The first-order valence-corrected chi connectivity index (χ1v) is 9.49. The van der Waals surface area contributed by atoms with Crippen LogP contribution in [-0.4, -0.2) is 49.7 Å². The first-order valence-electron chi connectivity index (χ1n) is 7.67. The van der Waals surface area contributed by atoms with E-state index in [-0.39, 0.29) is 10.8 Å². The number of nitrogens with zero attached hydrogens (tertiary/aromatic N) is 2. The highest BCUT2D eigenvalue weighted by Crippen LogP contribution is 2.23. The predicted octanol–water partition coefficient (Wildman–Crippen LogP) is 2.61. The first kappa shape index (κ1) is 18.2. The van der Waals surface area contributed by atoms with Gasteiger partial charge >= 0.3 is 0 Å². The highest BCUT2D eigenvalue weighted by atomic mass is 35.5. The summed E-state index contributed by atoms with van der Waals surface area (Å²) in [5, 5.41) is 0.394. The fourth-order valence-corrected chi connectivity index (χ4v) is 4.36. The Morgan fingerprint density at radius 3 is 2.43 bits per heavy atom. The Morgan fingerprint density at radius 1 is 1.13 bits per heavy atom. The summed E-state index contributed by atoms with van der Waals surface area (Å²) < 4.78 is 26.9. The highest BCUT2D eigenvalue weighted by Gasteiger charge is 2.32. The molecule has 0 N–H and O–H groups in total. The molecule has 0 atom stereocenters. The van der Waals surface area contributed by atoms with Crippen LogP contribution in [0.25, 0.3) is 0 Å². The standard InChI is InChI=1S/C16H23ClN2O3S/c1-16(2,3)15(20)18-8-5-9-19(11-10-18)23(21,22)14-7-4-6-13(17)12-14/h4,6-7,12H,5,8-11H2,1-3H3. The van der Waals surface area contributed by atoms with E-state index >= 15 is 0 Å². The topological polar surface area (TPSA) is 57.7 Å². The lowest BCUT2D eigenvalue weighted by atomic mass is 9.94. The van der Waals surface area contributed by atoms with Crippen molar-refractivity contribution in [3.05, 3.63) is 29.3 Å². The van der Waals surface area contributed by atoms with Gasteiger partial charge in [0.1, 0.15) is 0 Å². The van der Waals surface area contributed by atoms with Gasteiger partial charge in [-0.25, -0.2) is 8.42 Å². The molecule has 23 heavy (non-hydrogen) atoms. The molecule has 1 aromatic carbocycles.